The molecule has 166 valence electrons. The molecular weight excluding hydrogens is 367 g/mol. The number of hydrogen-bond acceptors (Lipinski definition) is 4. The van der Waals surface area contributed by atoms with Crippen molar-refractivity contribution in [1.82, 2.24) is 20.4 Å². The van der Waals surface area contributed by atoms with Crippen LogP contribution in [0.3, 0.4) is 0 Å². The molecule has 0 bridgehead atoms. The monoisotopic (exact) mass is 408 g/mol. The highest BCUT2D eigenvalue weighted by Crippen LogP contribution is 2.38. The molecule has 7 unspecified atom stereocenters. The molecule has 2 aliphatic heterocycles. The Labute approximate surface area is 176 Å². The number of nitrogens with zero attached hydrogens (tertiary/aromatic N) is 2. The van der Waals surface area contributed by atoms with Crippen LogP contribution in [0.2, 0.25) is 0 Å². The van der Waals surface area contributed by atoms with Crippen LogP contribution >= 0.6 is 0 Å². The van der Waals surface area contributed by atoms with Crippen LogP contribution in [0.1, 0.15) is 64.7 Å². The zero-order valence-corrected chi connectivity index (χ0v) is 18.6. The third-order valence-electron chi connectivity index (χ3n) is 8.39. The molecule has 4 rings (SSSR count). The van der Waals surface area contributed by atoms with Crippen LogP contribution in [0, 0.1) is 11.8 Å². The summed E-state index contributed by atoms with van der Waals surface area (Å²) in [7, 11) is 4.37. The molecule has 7 atom stereocenters. The largest absolute Gasteiger partial charge is 0.352 e. The zero-order valence-electron chi connectivity index (χ0n) is 18.6. The van der Waals surface area contributed by atoms with Gasteiger partial charge in [0.1, 0.15) is 6.17 Å². The fourth-order valence-corrected chi connectivity index (χ4v) is 6.50. The van der Waals surface area contributed by atoms with Gasteiger partial charge in [0.15, 0.2) is 0 Å². The van der Waals surface area contributed by atoms with Gasteiger partial charge in [-0.1, -0.05) is 6.92 Å². The molecule has 2 saturated heterocycles. The third-order valence-corrected chi connectivity index (χ3v) is 8.39. The Bertz CT molecular complexity index is 547. The number of halogens is 1. The van der Waals surface area contributed by atoms with Crippen LogP contribution < -0.4 is 10.6 Å². The van der Waals surface area contributed by atoms with Gasteiger partial charge in [0.05, 0.1) is 6.04 Å². The van der Waals surface area contributed by atoms with Crippen molar-refractivity contribution in [2.45, 2.75) is 101 Å². The number of alkyl halides is 1. The lowest BCUT2D eigenvalue weighted by Crippen LogP contribution is -2.52. The van der Waals surface area contributed by atoms with Crippen molar-refractivity contribution in [3.63, 3.8) is 0 Å². The van der Waals surface area contributed by atoms with Gasteiger partial charge in [-0.3, -0.25) is 4.79 Å². The van der Waals surface area contributed by atoms with Gasteiger partial charge in [-0.25, -0.2) is 4.39 Å². The van der Waals surface area contributed by atoms with Crippen LogP contribution in [0.25, 0.3) is 0 Å². The maximum absolute atomic E-state index is 14.4. The lowest BCUT2D eigenvalue weighted by molar-refractivity contribution is -0.124. The van der Waals surface area contributed by atoms with Gasteiger partial charge in [0.2, 0.25) is 5.91 Å². The minimum absolute atomic E-state index is 0.0200. The first-order valence-corrected chi connectivity index (χ1v) is 12.0. The Balaban J connectivity index is 1.27. The van der Waals surface area contributed by atoms with Crippen LogP contribution in [-0.2, 0) is 4.79 Å². The predicted molar refractivity (Wildman–Crippen MR) is 115 cm³/mol. The first-order valence-electron chi connectivity index (χ1n) is 12.0. The summed E-state index contributed by atoms with van der Waals surface area (Å²) in [5, 5.41) is 6.82. The summed E-state index contributed by atoms with van der Waals surface area (Å²) in [6, 6.07) is 1.55. The molecule has 6 heteroatoms. The van der Waals surface area contributed by atoms with Gasteiger partial charge in [-0.15, -0.1) is 0 Å². The summed E-state index contributed by atoms with van der Waals surface area (Å²) in [6.07, 6.45) is 8.60. The number of piperidine rings is 1. The lowest BCUT2D eigenvalue weighted by atomic mass is 9.77. The minimum Gasteiger partial charge on any atom is -0.352 e. The van der Waals surface area contributed by atoms with Gasteiger partial charge >= 0.3 is 0 Å². The molecule has 4 fully saturated rings. The van der Waals surface area contributed by atoms with Crippen molar-refractivity contribution in [2.24, 2.45) is 11.8 Å². The SMILES string of the molecule is CC1CCC(F)C2CC(C(=O)NC3CCCC(N4CCC(N(C)C)CC4)C3)NC12. The molecule has 2 aliphatic carbocycles. The maximum atomic E-state index is 14.4. The highest BCUT2D eigenvalue weighted by Gasteiger charge is 2.46. The topological polar surface area (TPSA) is 47.6 Å². The predicted octanol–water partition coefficient (Wildman–Crippen LogP) is 2.55. The van der Waals surface area contributed by atoms with Gasteiger partial charge in [-0.05, 0) is 90.9 Å². The summed E-state index contributed by atoms with van der Waals surface area (Å²) >= 11 is 0. The molecule has 2 saturated carbocycles. The molecule has 2 N–H and O–H groups in total. The van der Waals surface area contributed by atoms with E-state index in [9.17, 15) is 9.18 Å². The number of likely N-dealkylation sites (tertiary alicyclic amines) is 1. The van der Waals surface area contributed by atoms with Crippen molar-refractivity contribution in [2.75, 3.05) is 27.2 Å². The third kappa shape index (κ3) is 4.80. The molecule has 2 heterocycles. The van der Waals surface area contributed by atoms with Crippen molar-refractivity contribution in [3.8, 4) is 0 Å². The highest BCUT2D eigenvalue weighted by molar-refractivity contribution is 5.82. The molecular formula is C23H41FN4O. The number of amides is 1. The molecule has 0 radical (unpaired) electrons. The van der Waals surface area contributed by atoms with Crippen LogP contribution in [-0.4, -0.2) is 79.3 Å². The average Bonchev–Trinajstić information content (AvgIpc) is 3.18. The molecule has 0 aromatic carbocycles. The fourth-order valence-electron chi connectivity index (χ4n) is 6.50. The lowest BCUT2D eigenvalue weighted by Gasteiger charge is -2.42. The van der Waals surface area contributed by atoms with Crippen LogP contribution in [0.4, 0.5) is 4.39 Å². The van der Waals surface area contributed by atoms with Crippen molar-refractivity contribution >= 4 is 5.91 Å². The number of hydrogen-bond donors (Lipinski definition) is 2. The summed E-state index contributed by atoms with van der Waals surface area (Å²) in [5.41, 5.74) is 0. The van der Waals surface area contributed by atoms with Gasteiger partial charge in [-0.2, -0.15) is 0 Å². The second kappa shape index (κ2) is 9.19. The van der Waals surface area contributed by atoms with E-state index in [4.69, 9.17) is 0 Å². The quantitative estimate of drug-likeness (QED) is 0.751. The normalized spacial score (nSPS) is 42.0. The summed E-state index contributed by atoms with van der Waals surface area (Å²) in [5.74, 6) is 0.594. The van der Waals surface area contributed by atoms with E-state index in [0.29, 0.717) is 30.8 Å². The standard InChI is InChI=1S/C23H41FN4O/c1-15-7-8-20(24)19-14-21(26-22(15)19)23(29)25-16-5-4-6-18(13-16)28-11-9-17(10-12-28)27(2)3/h15-22,26H,4-14H2,1-3H3,(H,25,29). The van der Waals surface area contributed by atoms with E-state index in [0.717, 1.165) is 19.3 Å². The van der Waals surface area contributed by atoms with E-state index >= 15 is 0 Å². The van der Waals surface area contributed by atoms with Gasteiger partial charge < -0.3 is 20.4 Å². The summed E-state index contributed by atoms with van der Waals surface area (Å²) < 4.78 is 14.4. The number of rotatable bonds is 4. The minimum atomic E-state index is -0.745. The van der Waals surface area contributed by atoms with E-state index in [-0.39, 0.29) is 30.0 Å². The number of carbonyl (C=O) groups excluding carboxylic acids is 1. The van der Waals surface area contributed by atoms with Crippen molar-refractivity contribution in [3.05, 3.63) is 0 Å². The maximum Gasteiger partial charge on any atom is 0.237 e. The zero-order chi connectivity index (χ0) is 20.5. The van der Waals surface area contributed by atoms with E-state index in [1.807, 2.05) is 0 Å². The average molecular weight is 409 g/mol. The highest BCUT2D eigenvalue weighted by atomic mass is 19.1. The van der Waals surface area contributed by atoms with Crippen molar-refractivity contribution in [1.29, 1.82) is 0 Å². The van der Waals surface area contributed by atoms with Gasteiger partial charge in [0.25, 0.3) is 0 Å². The second-order valence-corrected chi connectivity index (χ2v) is 10.5. The first-order chi connectivity index (χ1) is 13.9. The molecule has 4 aliphatic rings. The molecule has 0 aromatic rings. The molecule has 5 nitrogen and oxygen atoms in total. The molecule has 0 aromatic heterocycles. The smallest absolute Gasteiger partial charge is 0.237 e. The van der Waals surface area contributed by atoms with E-state index in [2.05, 4.69) is 41.5 Å². The first kappa shape index (κ1) is 21.5. The Morgan fingerprint density at radius 1 is 1.07 bits per heavy atom. The van der Waals surface area contributed by atoms with E-state index in [1.54, 1.807) is 0 Å². The summed E-state index contributed by atoms with van der Waals surface area (Å²) in [4.78, 5) is 18.0. The van der Waals surface area contributed by atoms with E-state index < -0.39 is 6.17 Å². The molecule has 1 amide bonds. The van der Waals surface area contributed by atoms with E-state index in [1.165, 1.54) is 38.8 Å². The second-order valence-electron chi connectivity index (χ2n) is 10.5. The molecule has 29 heavy (non-hydrogen) atoms. The van der Waals surface area contributed by atoms with Gasteiger partial charge in [0, 0.05) is 30.1 Å². The Kier molecular flexibility index (Phi) is 6.82. The Hall–Kier alpha value is -0.720. The van der Waals surface area contributed by atoms with Crippen LogP contribution in [0.5, 0.6) is 0 Å². The van der Waals surface area contributed by atoms with Crippen molar-refractivity contribution < 1.29 is 9.18 Å². The molecule has 0 spiro atoms. The number of carbonyl (C=O) groups is 1. The number of fused-ring (bicyclic) bond motifs is 1. The Morgan fingerprint density at radius 3 is 2.52 bits per heavy atom. The number of nitrogens with one attached hydrogen (secondary N) is 2. The fraction of sp³-hybridized carbons (Fsp3) is 0.957. The summed E-state index contributed by atoms with van der Waals surface area (Å²) in [6.45, 7) is 4.55. The van der Waals surface area contributed by atoms with Crippen LogP contribution in [0.15, 0.2) is 0 Å². The Morgan fingerprint density at radius 2 is 1.83 bits per heavy atom.